The van der Waals surface area contributed by atoms with Gasteiger partial charge in [-0.2, -0.15) is 0 Å². The van der Waals surface area contributed by atoms with Gasteiger partial charge in [-0.25, -0.2) is 4.98 Å². The minimum atomic E-state index is 0.127. The van der Waals surface area contributed by atoms with E-state index in [4.69, 9.17) is 0 Å². The molecular formula is C13H17BrN2O. The van der Waals surface area contributed by atoms with E-state index in [-0.39, 0.29) is 5.91 Å². The van der Waals surface area contributed by atoms with E-state index < -0.39 is 0 Å². The van der Waals surface area contributed by atoms with E-state index in [1.165, 1.54) is 6.42 Å². The smallest absolute Gasteiger partial charge is 0.254 e. The number of rotatable bonds is 1. The van der Waals surface area contributed by atoms with Gasteiger partial charge >= 0.3 is 0 Å². The zero-order valence-corrected chi connectivity index (χ0v) is 11.6. The van der Waals surface area contributed by atoms with Crippen LogP contribution in [-0.2, 0) is 0 Å². The van der Waals surface area contributed by atoms with E-state index in [1.54, 1.807) is 18.3 Å². The molecule has 1 aliphatic heterocycles. The molecule has 92 valence electrons. The van der Waals surface area contributed by atoms with Crippen LogP contribution in [0.2, 0.25) is 0 Å². The highest BCUT2D eigenvalue weighted by Gasteiger charge is 2.19. The molecule has 0 bridgehead atoms. The summed E-state index contributed by atoms with van der Waals surface area (Å²) in [7, 11) is 0. The molecule has 4 heteroatoms. The fourth-order valence-corrected chi connectivity index (χ4v) is 2.55. The van der Waals surface area contributed by atoms with E-state index in [1.807, 2.05) is 4.90 Å². The molecule has 1 saturated heterocycles. The SMILES string of the molecule is CC1CCCN(C(=O)c2ccnc(Br)c2)CC1. The molecule has 1 fully saturated rings. The van der Waals surface area contributed by atoms with Gasteiger partial charge in [0.1, 0.15) is 4.60 Å². The summed E-state index contributed by atoms with van der Waals surface area (Å²) in [5.41, 5.74) is 0.724. The van der Waals surface area contributed by atoms with Gasteiger partial charge in [-0.1, -0.05) is 6.92 Å². The fourth-order valence-electron chi connectivity index (χ4n) is 2.18. The molecule has 2 rings (SSSR count). The van der Waals surface area contributed by atoms with Crippen LogP contribution in [0, 0.1) is 5.92 Å². The van der Waals surface area contributed by atoms with Crippen molar-refractivity contribution in [3.63, 3.8) is 0 Å². The van der Waals surface area contributed by atoms with E-state index in [0.29, 0.717) is 4.60 Å². The summed E-state index contributed by atoms with van der Waals surface area (Å²) in [6.07, 6.45) is 5.11. The molecule has 0 aromatic carbocycles. The highest BCUT2D eigenvalue weighted by Crippen LogP contribution is 2.18. The van der Waals surface area contributed by atoms with Crippen molar-refractivity contribution in [2.45, 2.75) is 26.2 Å². The van der Waals surface area contributed by atoms with Gasteiger partial charge in [0.05, 0.1) is 0 Å². The molecule has 0 aliphatic carbocycles. The zero-order valence-electron chi connectivity index (χ0n) is 10.0. The summed E-state index contributed by atoms with van der Waals surface area (Å²) in [6.45, 7) is 4.01. The fraction of sp³-hybridized carbons (Fsp3) is 0.538. The van der Waals surface area contributed by atoms with Crippen molar-refractivity contribution in [2.75, 3.05) is 13.1 Å². The van der Waals surface area contributed by atoms with Crippen LogP contribution in [0.25, 0.3) is 0 Å². The van der Waals surface area contributed by atoms with Crippen molar-refractivity contribution in [3.05, 3.63) is 28.5 Å². The number of nitrogens with zero attached hydrogens (tertiary/aromatic N) is 2. The molecule has 3 nitrogen and oxygen atoms in total. The normalized spacial score (nSPS) is 21.1. The minimum Gasteiger partial charge on any atom is -0.339 e. The van der Waals surface area contributed by atoms with Crippen molar-refractivity contribution in [3.8, 4) is 0 Å². The Labute approximate surface area is 110 Å². The third kappa shape index (κ3) is 3.28. The summed E-state index contributed by atoms with van der Waals surface area (Å²) < 4.78 is 0.714. The van der Waals surface area contributed by atoms with Gasteiger partial charge in [0.2, 0.25) is 0 Å². The first-order chi connectivity index (χ1) is 8.16. The number of halogens is 1. The Morgan fingerprint density at radius 1 is 1.47 bits per heavy atom. The molecule has 1 aromatic heterocycles. The molecule has 1 aliphatic rings. The maximum atomic E-state index is 12.3. The van der Waals surface area contributed by atoms with E-state index >= 15 is 0 Å². The number of hydrogen-bond donors (Lipinski definition) is 0. The van der Waals surface area contributed by atoms with Crippen LogP contribution < -0.4 is 0 Å². The van der Waals surface area contributed by atoms with Crippen LogP contribution in [0.4, 0.5) is 0 Å². The van der Waals surface area contributed by atoms with Crippen molar-refractivity contribution in [2.24, 2.45) is 5.92 Å². The van der Waals surface area contributed by atoms with Crippen LogP contribution in [0.1, 0.15) is 36.5 Å². The topological polar surface area (TPSA) is 33.2 Å². The van der Waals surface area contributed by atoms with Gasteiger partial charge < -0.3 is 4.90 Å². The van der Waals surface area contributed by atoms with E-state index in [0.717, 1.165) is 37.4 Å². The van der Waals surface area contributed by atoms with Gasteiger partial charge in [0.15, 0.2) is 0 Å². The second kappa shape index (κ2) is 5.63. The molecule has 0 N–H and O–H groups in total. The lowest BCUT2D eigenvalue weighted by Crippen LogP contribution is -2.32. The van der Waals surface area contributed by atoms with E-state index in [9.17, 15) is 4.79 Å². The maximum Gasteiger partial charge on any atom is 0.254 e. The first-order valence-corrected chi connectivity index (χ1v) is 6.87. The van der Waals surface area contributed by atoms with Gasteiger partial charge in [0, 0.05) is 24.8 Å². The summed E-state index contributed by atoms with van der Waals surface area (Å²) in [4.78, 5) is 18.3. The lowest BCUT2D eigenvalue weighted by atomic mass is 10.0. The summed E-state index contributed by atoms with van der Waals surface area (Å²) in [6, 6.07) is 3.57. The Morgan fingerprint density at radius 3 is 3.06 bits per heavy atom. The molecule has 1 amide bonds. The molecule has 1 aromatic rings. The van der Waals surface area contributed by atoms with Crippen molar-refractivity contribution >= 4 is 21.8 Å². The average molecular weight is 297 g/mol. The van der Waals surface area contributed by atoms with Crippen molar-refractivity contribution in [1.82, 2.24) is 9.88 Å². The standard InChI is InChI=1S/C13H17BrN2O/c1-10-3-2-7-16(8-5-10)13(17)11-4-6-15-12(14)9-11/h4,6,9-10H,2-3,5,7-8H2,1H3. The van der Waals surface area contributed by atoms with Gasteiger partial charge in [-0.15, -0.1) is 0 Å². The number of hydrogen-bond acceptors (Lipinski definition) is 2. The number of carbonyl (C=O) groups is 1. The average Bonchev–Trinajstić information content (AvgIpc) is 2.53. The molecule has 1 unspecified atom stereocenters. The largest absolute Gasteiger partial charge is 0.339 e. The molecule has 17 heavy (non-hydrogen) atoms. The lowest BCUT2D eigenvalue weighted by Gasteiger charge is -2.20. The molecule has 0 radical (unpaired) electrons. The summed E-state index contributed by atoms with van der Waals surface area (Å²) in [5.74, 6) is 0.860. The van der Waals surface area contributed by atoms with Gasteiger partial charge in [-0.05, 0) is 53.2 Å². The molecule has 0 spiro atoms. The number of aromatic nitrogens is 1. The first kappa shape index (κ1) is 12.6. The Bertz CT molecular complexity index is 408. The monoisotopic (exact) mass is 296 g/mol. The summed E-state index contributed by atoms with van der Waals surface area (Å²) in [5, 5.41) is 0. The summed E-state index contributed by atoms with van der Waals surface area (Å²) >= 11 is 3.30. The highest BCUT2D eigenvalue weighted by molar-refractivity contribution is 9.10. The molecular weight excluding hydrogens is 280 g/mol. The number of amides is 1. The Balaban J connectivity index is 2.09. The van der Waals surface area contributed by atoms with Crippen LogP contribution in [0.3, 0.4) is 0 Å². The molecule has 0 saturated carbocycles. The van der Waals surface area contributed by atoms with Gasteiger partial charge in [-0.3, -0.25) is 4.79 Å². The molecule has 1 atom stereocenters. The number of likely N-dealkylation sites (tertiary alicyclic amines) is 1. The Morgan fingerprint density at radius 2 is 2.29 bits per heavy atom. The van der Waals surface area contributed by atoms with Crippen LogP contribution in [0.15, 0.2) is 22.9 Å². The predicted octanol–water partition coefficient (Wildman–Crippen LogP) is 3.11. The Hall–Kier alpha value is -0.900. The third-order valence-corrected chi connectivity index (χ3v) is 3.71. The number of carbonyl (C=O) groups excluding carboxylic acids is 1. The molecule has 2 heterocycles. The van der Waals surface area contributed by atoms with E-state index in [2.05, 4.69) is 27.8 Å². The second-order valence-corrected chi connectivity index (χ2v) is 5.51. The van der Waals surface area contributed by atoms with Crippen molar-refractivity contribution in [1.29, 1.82) is 0 Å². The highest BCUT2D eigenvalue weighted by atomic mass is 79.9. The lowest BCUT2D eigenvalue weighted by molar-refractivity contribution is 0.0760. The minimum absolute atomic E-state index is 0.127. The van der Waals surface area contributed by atoms with Crippen LogP contribution >= 0.6 is 15.9 Å². The van der Waals surface area contributed by atoms with Gasteiger partial charge in [0.25, 0.3) is 5.91 Å². The quantitative estimate of drug-likeness (QED) is 0.746. The Kier molecular flexibility index (Phi) is 4.15. The predicted molar refractivity (Wildman–Crippen MR) is 70.9 cm³/mol. The van der Waals surface area contributed by atoms with Crippen LogP contribution in [0.5, 0.6) is 0 Å². The third-order valence-electron chi connectivity index (χ3n) is 3.28. The zero-order chi connectivity index (χ0) is 12.3. The van der Waals surface area contributed by atoms with Crippen LogP contribution in [-0.4, -0.2) is 28.9 Å². The first-order valence-electron chi connectivity index (χ1n) is 6.07. The second-order valence-electron chi connectivity index (χ2n) is 4.70. The number of pyridine rings is 1. The van der Waals surface area contributed by atoms with Crippen molar-refractivity contribution < 1.29 is 4.79 Å². The maximum absolute atomic E-state index is 12.3.